The molecule has 3 aromatic rings. The van der Waals surface area contributed by atoms with Crippen molar-refractivity contribution in [3.8, 4) is 11.6 Å². The highest BCUT2D eigenvalue weighted by Gasteiger charge is 2.21. The van der Waals surface area contributed by atoms with Crippen molar-refractivity contribution in [3.05, 3.63) is 59.5 Å². The molecular formula is C19H20N6O2S. The number of ether oxygens (including phenoxy) is 1. The fourth-order valence-electron chi connectivity index (χ4n) is 2.88. The number of thioether (sulfide) groups is 1. The molecule has 28 heavy (non-hydrogen) atoms. The number of aryl methyl sites for hydroxylation is 1. The highest BCUT2D eigenvalue weighted by atomic mass is 32.2. The molecule has 3 heterocycles. The lowest BCUT2D eigenvalue weighted by Crippen LogP contribution is -2.26. The number of carbonyl (C=O) groups excluding carboxylic acids is 1. The number of rotatable bonds is 6. The van der Waals surface area contributed by atoms with Crippen LogP contribution in [0.25, 0.3) is 5.69 Å². The fourth-order valence-corrected chi connectivity index (χ4v) is 3.97. The second-order valence-corrected chi connectivity index (χ2v) is 7.63. The molecule has 1 aliphatic rings. The Labute approximate surface area is 166 Å². The highest BCUT2D eigenvalue weighted by Crippen LogP contribution is 2.24. The van der Waals surface area contributed by atoms with Crippen molar-refractivity contribution in [3.63, 3.8) is 0 Å². The summed E-state index contributed by atoms with van der Waals surface area (Å²) in [5, 5.41) is 14.6. The van der Waals surface area contributed by atoms with Crippen LogP contribution in [0, 0.1) is 6.92 Å². The summed E-state index contributed by atoms with van der Waals surface area (Å²) in [6, 6.07) is 11.3. The Hall–Kier alpha value is -2.94. The van der Waals surface area contributed by atoms with Gasteiger partial charge in [0, 0.05) is 11.9 Å². The van der Waals surface area contributed by atoms with Crippen molar-refractivity contribution in [1.29, 1.82) is 0 Å². The van der Waals surface area contributed by atoms with E-state index in [1.807, 2.05) is 43.0 Å². The summed E-state index contributed by atoms with van der Waals surface area (Å²) < 4.78 is 7.54. The summed E-state index contributed by atoms with van der Waals surface area (Å²) in [7, 11) is 0. The molecule has 0 spiro atoms. The van der Waals surface area contributed by atoms with Gasteiger partial charge in [-0.1, -0.05) is 17.7 Å². The maximum absolute atomic E-state index is 12.7. The maximum atomic E-state index is 12.7. The van der Waals surface area contributed by atoms with Crippen molar-refractivity contribution in [2.45, 2.75) is 26.0 Å². The quantitative estimate of drug-likeness (QED) is 0.682. The SMILES string of the molecule is Cc1ccc(-n2nnnc2CNC(=O)c2cccnc2OC2CCSC2)cc1. The number of pyridine rings is 1. The molecule has 9 heteroatoms. The number of nitrogens with zero attached hydrogens (tertiary/aromatic N) is 5. The first-order valence-corrected chi connectivity index (χ1v) is 10.2. The Morgan fingerprint density at radius 3 is 2.96 bits per heavy atom. The molecule has 1 aliphatic heterocycles. The normalized spacial score (nSPS) is 16.1. The van der Waals surface area contributed by atoms with Gasteiger partial charge >= 0.3 is 0 Å². The van der Waals surface area contributed by atoms with E-state index >= 15 is 0 Å². The Kier molecular flexibility index (Phi) is 5.52. The summed E-state index contributed by atoms with van der Waals surface area (Å²) >= 11 is 1.85. The molecule has 1 atom stereocenters. The van der Waals surface area contributed by atoms with Gasteiger partial charge in [-0.25, -0.2) is 4.98 Å². The summed E-state index contributed by atoms with van der Waals surface area (Å²) in [4.78, 5) is 17.0. The lowest BCUT2D eigenvalue weighted by atomic mass is 10.2. The van der Waals surface area contributed by atoms with E-state index in [0.29, 0.717) is 17.3 Å². The van der Waals surface area contributed by atoms with Gasteiger partial charge in [0.25, 0.3) is 5.91 Å². The van der Waals surface area contributed by atoms with Gasteiger partial charge in [-0.2, -0.15) is 16.4 Å². The number of aromatic nitrogens is 5. The molecule has 1 unspecified atom stereocenters. The largest absolute Gasteiger partial charge is 0.473 e. The molecule has 0 aliphatic carbocycles. The van der Waals surface area contributed by atoms with E-state index in [9.17, 15) is 4.79 Å². The summed E-state index contributed by atoms with van der Waals surface area (Å²) in [6.45, 7) is 2.20. The maximum Gasteiger partial charge on any atom is 0.257 e. The second-order valence-electron chi connectivity index (χ2n) is 6.48. The van der Waals surface area contributed by atoms with E-state index in [2.05, 4.69) is 25.8 Å². The molecular weight excluding hydrogens is 376 g/mol. The molecule has 8 nitrogen and oxygen atoms in total. The minimum absolute atomic E-state index is 0.0975. The smallest absolute Gasteiger partial charge is 0.257 e. The minimum atomic E-state index is -0.271. The zero-order valence-corrected chi connectivity index (χ0v) is 16.2. The van der Waals surface area contributed by atoms with Crippen molar-refractivity contribution >= 4 is 17.7 Å². The van der Waals surface area contributed by atoms with Gasteiger partial charge in [0.2, 0.25) is 5.88 Å². The molecule has 4 rings (SSSR count). The predicted octanol–water partition coefficient (Wildman–Crippen LogP) is 2.18. The van der Waals surface area contributed by atoms with Crippen LogP contribution in [0.2, 0.25) is 0 Å². The fraction of sp³-hybridized carbons (Fsp3) is 0.316. The Balaban J connectivity index is 1.46. The van der Waals surface area contributed by atoms with Crippen LogP contribution < -0.4 is 10.1 Å². The van der Waals surface area contributed by atoms with Gasteiger partial charge in [0.15, 0.2) is 5.82 Å². The standard InChI is InChI=1S/C19H20N6O2S/c1-13-4-6-14(7-5-13)25-17(22-23-24-25)11-21-18(26)16-3-2-9-20-19(16)27-15-8-10-28-12-15/h2-7,9,15H,8,10-12H2,1H3,(H,21,26). The zero-order valence-electron chi connectivity index (χ0n) is 15.4. The molecule has 1 saturated heterocycles. The highest BCUT2D eigenvalue weighted by molar-refractivity contribution is 7.99. The van der Waals surface area contributed by atoms with Crippen molar-refractivity contribution in [2.75, 3.05) is 11.5 Å². The van der Waals surface area contributed by atoms with E-state index in [1.54, 1.807) is 23.0 Å². The predicted molar refractivity (Wildman–Crippen MR) is 106 cm³/mol. The van der Waals surface area contributed by atoms with Gasteiger partial charge in [-0.3, -0.25) is 4.79 Å². The number of benzene rings is 1. The van der Waals surface area contributed by atoms with Crippen LogP contribution in [0.4, 0.5) is 0 Å². The van der Waals surface area contributed by atoms with Crippen molar-refractivity contribution < 1.29 is 9.53 Å². The number of amides is 1. The molecule has 144 valence electrons. The van der Waals surface area contributed by atoms with E-state index in [-0.39, 0.29) is 18.6 Å². The molecule has 0 saturated carbocycles. The molecule has 1 aromatic carbocycles. The molecule has 1 fully saturated rings. The minimum Gasteiger partial charge on any atom is -0.473 e. The monoisotopic (exact) mass is 396 g/mol. The number of hydrogen-bond acceptors (Lipinski definition) is 7. The van der Waals surface area contributed by atoms with E-state index in [0.717, 1.165) is 29.2 Å². The average Bonchev–Trinajstić information content (AvgIpc) is 3.39. The Morgan fingerprint density at radius 1 is 1.32 bits per heavy atom. The van der Waals surface area contributed by atoms with E-state index in [1.165, 1.54) is 0 Å². The lowest BCUT2D eigenvalue weighted by Gasteiger charge is -2.14. The first-order valence-electron chi connectivity index (χ1n) is 9.02. The lowest BCUT2D eigenvalue weighted by molar-refractivity contribution is 0.0942. The molecule has 1 amide bonds. The molecule has 1 N–H and O–H groups in total. The van der Waals surface area contributed by atoms with Gasteiger partial charge < -0.3 is 10.1 Å². The number of tetrazole rings is 1. The van der Waals surface area contributed by atoms with Crippen molar-refractivity contribution in [1.82, 2.24) is 30.5 Å². The molecule has 0 bridgehead atoms. The van der Waals surface area contributed by atoms with Gasteiger partial charge in [0.05, 0.1) is 12.2 Å². The van der Waals surface area contributed by atoms with Crippen LogP contribution in [-0.4, -0.2) is 48.7 Å². The van der Waals surface area contributed by atoms with Crippen LogP contribution in [0.5, 0.6) is 5.88 Å². The summed E-state index contributed by atoms with van der Waals surface area (Å²) in [5.41, 5.74) is 2.40. The van der Waals surface area contributed by atoms with Crippen LogP contribution in [-0.2, 0) is 6.54 Å². The van der Waals surface area contributed by atoms with Crippen LogP contribution in [0.1, 0.15) is 28.2 Å². The first-order chi connectivity index (χ1) is 13.7. The third kappa shape index (κ3) is 4.14. The van der Waals surface area contributed by atoms with Crippen molar-refractivity contribution in [2.24, 2.45) is 0 Å². The Bertz CT molecular complexity index is 953. The van der Waals surface area contributed by atoms with Crippen LogP contribution >= 0.6 is 11.8 Å². The summed E-state index contributed by atoms with van der Waals surface area (Å²) in [6.07, 6.45) is 2.69. The molecule has 0 radical (unpaired) electrons. The third-order valence-corrected chi connectivity index (χ3v) is 5.53. The third-order valence-electron chi connectivity index (χ3n) is 4.40. The topological polar surface area (TPSA) is 94.8 Å². The first kappa shape index (κ1) is 18.4. The molecule has 2 aromatic heterocycles. The summed E-state index contributed by atoms with van der Waals surface area (Å²) in [5.74, 6) is 2.62. The van der Waals surface area contributed by atoms with E-state index < -0.39 is 0 Å². The van der Waals surface area contributed by atoms with Gasteiger partial charge in [0.1, 0.15) is 11.7 Å². The van der Waals surface area contributed by atoms with Gasteiger partial charge in [-0.15, -0.1) is 5.10 Å². The average molecular weight is 396 g/mol. The number of nitrogens with one attached hydrogen (secondary N) is 1. The zero-order chi connectivity index (χ0) is 19.3. The van der Waals surface area contributed by atoms with Gasteiger partial charge in [-0.05, 0) is 53.8 Å². The second kappa shape index (κ2) is 8.39. The number of hydrogen-bond donors (Lipinski definition) is 1. The number of carbonyl (C=O) groups is 1. The van der Waals surface area contributed by atoms with Crippen LogP contribution in [0.3, 0.4) is 0 Å². The van der Waals surface area contributed by atoms with Crippen LogP contribution in [0.15, 0.2) is 42.6 Å². The Morgan fingerprint density at radius 2 is 2.18 bits per heavy atom. The van der Waals surface area contributed by atoms with E-state index in [4.69, 9.17) is 4.74 Å².